The lowest BCUT2D eigenvalue weighted by molar-refractivity contribution is -0.200. The van der Waals surface area contributed by atoms with Crippen molar-refractivity contribution in [3.63, 3.8) is 0 Å². The maximum absolute atomic E-state index is 15.0. The van der Waals surface area contributed by atoms with Crippen LogP contribution < -0.4 is 25.6 Å². The molecule has 1 fully saturated rings. The number of hydrogen-bond acceptors (Lipinski definition) is 12. The number of nitrogens with zero attached hydrogens (tertiary/aromatic N) is 3. The summed E-state index contributed by atoms with van der Waals surface area (Å²) in [6.07, 6.45) is -4.96. The molecule has 0 spiro atoms. The van der Waals surface area contributed by atoms with E-state index in [2.05, 4.69) is 19.9 Å². The average Bonchev–Trinajstić information content (AvgIpc) is 3.65. The van der Waals surface area contributed by atoms with Crippen LogP contribution in [0.1, 0.15) is 70.7 Å². The van der Waals surface area contributed by atoms with Gasteiger partial charge in [-0.2, -0.15) is 13.2 Å². The second-order valence-corrected chi connectivity index (χ2v) is 16.1. The molecular weight excluding hydrogens is 772 g/mol. The quantitative estimate of drug-likeness (QED) is 0.137. The normalized spacial score (nSPS) is 15.1. The van der Waals surface area contributed by atoms with Gasteiger partial charge in [0.2, 0.25) is 5.91 Å². The van der Waals surface area contributed by atoms with Crippen molar-refractivity contribution in [3.8, 4) is 11.5 Å². The Bertz CT molecular complexity index is 2250. The largest absolute Gasteiger partial charge is 0.493 e. The van der Waals surface area contributed by atoms with Gasteiger partial charge in [0, 0.05) is 23.8 Å². The number of carbonyl (C=O) groups is 3. The third-order valence-electron chi connectivity index (χ3n) is 9.11. The molecular formula is C39H44F3N5O9S. The van der Waals surface area contributed by atoms with E-state index in [1.807, 2.05) is 13.8 Å². The number of likely N-dealkylation sites (tertiary alicyclic amines) is 1. The molecule has 3 aromatic carbocycles. The van der Waals surface area contributed by atoms with Crippen LogP contribution in [0.4, 0.5) is 35.2 Å². The van der Waals surface area contributed by atoms with E-state index in [9.17, 15) is 31.2 Å². The lowest BCUT2D eigenvalue weighted by Crippen LogP contribution is -2.39. The fourth-order valence-electron chi connectivity index (χ4n) is 6.44. The van der Waals surface area contributed by atoms with E-state index in [1.165, 1.54) is 18.7 Å². The molecule has 4 aromatic rings. The van der Waals surface area contributed by atoms with Crippen LogP contribution in [0.2, 0.25) is 0 Å². The molecule has 2 atom stereocenters. The summed E-state index contributed by atoms with van der Waals surface area (Å²) in [5.41, 5.74) is 6.64. The molecule has 2 heterocycles. The Morgan fingerprint density at radius 2 is 1.75 bits per heavy atom. The minimum atomic E-state index is -5.48. The van der Waals surface area contributed by atoms with Gasteiger partial charge in [-0.05, 0) is 119 Å². The average molecular weight is 816 g/mol. The summed E-state index contributed by atoms with van der Waals surface area (Å²) < 4.78 is 83.9. The molecule has 3 N–H and O–H groups in total. The summed E-state index contributed by atoms with van der Waals surface area (Å²) in [7, 11) is -3.24. The second kappa shape index (κ2) is 17.2. The zero-order valence-corrected chi connectivity index (χ0v) is 32.9. The van der Waals surface area contributed by atoms with Crippen molar-refractivity contribution in [3.05, 3.63) is 78.0 Å². The number of sulfone groups is 1. The summed E-state index contributed by atoms with van der Waals surface area (Å²) in [6.45, 7) is 8.88. The maximum Gasteiger partial charge on any atom is 0.493 e. The van der Waals surface area contributed by atoms with Crippen molar-refractivity contribution in [2.24, 2.45) is 0 Å². The number of halogens is 3. The van der Waals surface area contributed by atoms with E-state index in [1.54, 1.807) is 55.6 Å². The van der Waals surface area contributed by atoms with E-state index in [4.69, 9.17) is 15.2 Å². The molecule has 1 saturated heterocycles. The van der Waals surface area contributed by atoms with Crippen molar-refractivity contribution < 1.29 is 55.0 Å². The van der Waals surface area contributed by atoms with Crippen LogP contribution in [0.3, 0.4) is 0 Å². The predicted octanol–water partition coefficient (Wildman–Crippen LogP) is 7.30. The number of nitrogens with one attached hydrogen (secondary N) is 1. The van der Waals surface area contributed by atoms with Crippen LogP contribution in [0.25, 0.3) is 10.8 Å². The van der Waals surface area contributed by atoms with Crippen molar-refractivity contribution in [1.82, 2.24) is 9.88 Å². The van der Waals surface area contributed by atoms with Gasteiger partial charge in [-0.25, -0.2) is 23.0 Å². The smallest absolute Gasteiger partial charge is 0.490 e. The molecule has 0 radical (unpaired) electrons. The number of carbonyl (C=O) groups excluding carboxylic acids is 3. The number of amides is 2. The first-order chi connectivity index (χ1) is 26.9. The molecule has 1 aliphatic rings. The molecule has 0 saturated carbocycles. The van der Waals surface area contributed by atoms with E-state index in [0.717, 1.165) is 30.7 Å². The number of alkyl halides is 3. The molecule has 2 amide bonds. The minimum Gasteiger partial charge on any atom is -0.490 e. The topological polar surface area (TPSA) is 180 Å². The number of benzene rings is 3. The second-order valence-electron chi connectivity index (χ2n) is 13.7. The summed E-state index contributed by atoms with van der Waals surface area (Å²) >= 11 is 0. The zero-order chi connectivity index (χ0) is 41.8. The van der Waals surface area contributed by atoms with Crippen LogP contribution in [-0.2, 0) is 29.0 Å². The van der Waals surface area contributed by atoms with Crippen LogP contribution in [0, 0.1) is 0 Å². The summed E-state index contributed by atoms with van der Waals surface area (Å²) in [5, 5.41) is 3.80. The molecule has 0 unspecified atom stereocenters. The van der Waals surface area contributed by atoms with E-state index in [-0.39, 0.29) is 34.6 Å². The first-order valence-electron chi connectivity index (χ1n) is 18.1. The number of aromatic nitrogens is 1. The number of pyridine rings is 1. The number of nitrogens with two attached hydrogens (primary N) is 1. The van der Waals surface area contributed by atoms with Crippen molar-refractivity contribution in [2.75, 3.05) is 36.4 Å². The van der Waals surface area contributed by atoms with E-state index in [0.29, 0.717) is 47.0 Å². The van der Waals surface area contributed by atoms with Crippen molar-refractivity contribution in [1.29, 1.82) is 0 Å². The minimum absolute atomic E-state index is 0.00729. The van der Waals surface area contributed by atoms with Gasteiger partial charge in [-0.15, -0.1) is 5.06 Å². The zero-order valence-electron chi connectivity index (χ0n) is 32.1. The van der Waals surface area contributed by atoms with Crippen molar-refractivity contribution in [2.45, 2.75) is 82.0 Å². The highest BCUT2D eigenvalue weighted by molar-refractivity contribution is 7.92. The number of hydroxylamine groups is 1. The third-order valence-corrected chi connectivity index (χ3v) is 11.3. The molecule has 0 aliphatic carbocycles. The Balaban J connectivity index is 1.65. The summed E-state index contributed by atoms with van der Waals surface area (Å²) in [6, 6.07) is 13.3. The highest BCUT2D eigenvalue weighted by atomic mass is 32.2. The number of methoxy groups -OCH3 is 1. The highest BCUT2D eigenvalue weighted by Crippen LogP contribution is 2.42. The SMILES string of the molecule is CCOc1cc([C@@H](Nc2ccc3c(N)nccc3c2)C(=O)N2CCC[C@@H]2c2cc(N(OC(=O)C(F)(F)F)C(=O)OC)ccc2S(=O)(=O)C(C)C)ccc1OC(C)C. The fraction of sp³-hybridized carbons (Fsp3) is 0.385. The maximum atomic E-state index is 15.0. The molecule has 5 rings (SSSR count). The lowest BCUT2D eigenvalue weighted by atomic mass is 10.00. The van der Waals surface area contributed by atoms with Gasteiger partial charge >= 0.3 is 18.2 Å². The van der Waals surface area contributed by atoms with Gasteiger partial charge in [-0.1, -0.05) is 6.07 Å². The van der Waals surface area contributed by atoms with Gasteiger partial charge < -0.3 is 35.0 Å². The summed E-state index contributed by atoms with van der Waals surface area (Å²) in [5.74, 6) is -2.05. The Morgan fingerprint density at radius 3 is 2.40 bits per heavy atom. The molecule has 1 aliphatic heterocycles. The third kappa shape index (κ3) is 9.27. The number of ether oxygens (including phenoxy) is 3. The summed E-state index contributed by atoms with van der Waals surface area (Å²) in [4.78, 5) is 49.4. The van der Waals surface area contributed by atoms with Crippen molar-refractivity contribution >= 4 is 55.8 Å². The number of rotatable bonds is 12. The van der Waals surface area contributed by atoms with Gasteiger partial charge in [0.1, 0.15) is 11.9 Å². The Hall–Kier alpha value is -5.78. The monoisotopic (exact) mass is 815 g/mol. The standard InChI is InChI=1S/C39H44F3N5O9S/c1-7-54-32-20-25(10-14-31(32)55-22(2)3)34(45-26-11-13-28-24(19-26)16-17-44-35(28)43)36(48)46-18-8-9-30(46)29-21-27(12-15-33(29)57(51,52)23(4)5)47(38(50)53-6)56-37(49)39(40,41)42/h10-17,19-23,30,34,45H,7-9,18H2,1-6H3,(H2,43,44)/t30-,34-/m1/s1. The Morgan fingerprint density at radius 1 is 1.02 bits per heavy atom. The molecule has 57 heavy (non-hydrogen) atoms. The first-order valence-corrected chi connectivity index (χ1v) is 19.6. The molecule has 0 bridgehead atoms. The first kappa shape index (κ1) is 42.4. The van der Waals surface area contributed by atoms with Crippen LogP contribution in [-0.4, -0.2) is 74.1 Å². The van der Waals surface area contributed by atoms with Gasteiger partial charge in [-0.3, -0.25) is 4.79 Å². The predicted molar refractivity (Wildman–Crippen MR) is 205 cm³/mol. The number of hydrogen-bond donors (Lipinski definition) is 2. The van der Waals surface area contributed by atoms with Crippen LogP contribution in [0.15, 0.2) is 71.8 Å². The van der Waals surface area contributed by atoms with Gasteiger partial charge in [0.15, 0.2) is 21.3 Å². The molecule has 1 aromatic heterocycles. The van der Waals surface area contributed by atoms with Gasteiger partial charge in [0.05, 0.1) is 41.7 Å². The highest BCUT2D eigenvalue weighted by Gasteiger charge is 2.45. The molecule has 306 valence electrons. The number of nitrogen functional groups attached to an aromatic ring is 1. The van der Waals surface area contributed by atoms with Crippen LogP contribution in [0.5, 0.6) is 11.5 Å². The Kier molecular flexibility index (Phi) is 12.7. The number of anilines is 3. The number of fused-ring (bicyclic) bond motifs is 1. The fourth-order valence-corrected chi connectivity index (χ4v) is 7.73. The van der Waals surface area contributed by atoms with Crippen LogP contribution >= 0.6 is 0 Å². The van der Waals surface area contributed by atoms with E-state index < -0.39 is 57.0 Å². The Labute approximate surface area is 327 Å². The molecule has 14 nitrogen and oxygen atoms in total. The molecule has 18 heteroatoms. The van der Waals surface area contributed by atoms with Gasteiger partial charge in [0.25, 0.3) is 0 Å². The lowest BCUT2D eigenvalue weighted by Gasteiger charge is -2.32. The van der Waals surface area contributed by atoms with E-state index >= 15 is 4.79 Å².